The average molecular weight is 108 g/mol. The van der Waals surface area contributed by atoms with Crippen molar-refractivity contribution >= 4 is 0 Å². The third-order valence-electron chi connectivity index (χ3n) is 0.814. The van der Waals surface area contributed by atoms with Crippen molar-refractivity contribution in [1.29, 1.82) is 5.26 Å². The first-order chi connectivity index (χ1) is 3.62. The summed E-state index contributed by atoms with van der Waals surface area (Å²) >= 11 is 0. The molecule has 0 aromatic heterocycles. The van der Waals surface area contributed by atoms with Crippen LogP contribution in [0.3, 0.4) is 0 Å². The van der Waals surface area contributed by atoms with Crippen molar-refractivity contribution in [3.8, 4) is 6.07 Å². The highest BCUT2D eigenvalue weighted by atomic mass is 14.8. The molecule has 0 saturated heterocycles. The molecule has 0 heterocycles. The number of hydrogen-bond acceptors (Lipinski definition) is 1. The van der Waals surface area contributed by atoms with Crippen LogP contribution < -0.4 is 0 Å². The van der Waals surface area contributed by atoms with Crippen molar-refractivity contribution in [1.82, 2.24) is 0 Å². The first-order valence-electron chi connectivity index (χ1n) is 2.38. The van der Waals surface area contributed by atoms with Crippen LogP contribution in [0.1, 0.15) is 20.3 Å². The largest absolute Gasteiger partial charge is 0.310 e. The molecule has 0 aliphatic rings. The van der Waals surface area contributed by atoms with Gasteiger partial charge in [0, 0.05) is 13.8 Å². The second kappa shape index (κ2) is 2.33. The van der Waals surface area contributed by atoms with E-state index >= 15 is 0 Å². The van der Waals surface area contributed by atoms with Crippen LogP contribution in [0.15, 0.2) is 0 Å². The molecule has 0 aliphatic carbocycles. The Morgan fingerprint density at radius 1 is 1.75 bits per heavy atom. The molecule has 8 heavy (non-hydrogen) atoms. The molecule has 0 unspecified atom stereocenters. The second-order valence-corrected chi connectivity index (χ2v) is 2.26. The van der Waals surface area contributed by atoms with Crippen molar-refractivity contribution in [2.75, 3.05) is 0 Å². The van der Waals surface area contributed by atoms with Gasteiger partial charge in [0.05, 0.1) is 6.07 Å². The molecule has 2 heteroatoms. The van der Waals surface area contributed by atoms with Gasteiger partial charge >= 0.3 is 0 Å². The highest BCUT2D eigenvalue weighted by molar-refractivity contribution is 4.96. The van der Waals surface area contributed by atoms with Crippen molar-refractivity contribution in [2.24, 2.45) is 0 Å². The Labute approximate surface area is 49.6 Å². The van der Waals surface area contributed by atoms with Crippen LogP contribution in [0.4, 0.5) is 0 Å². The Morgan fingerprint density at radius 3 is 2.38 bits per heavy atom. The van der Waals surface area contributed by atoms with E-state index in [-0.39, 0.29) is 0 Å². The first kappa shape index (κ1) is 6.98. The van der Waals surface area contributed by atoms with Gasteiger partial charge in [0.1, 0.15) is 6.42 Å². The fourth-order valence-corrected chi connectivity index (χ4v) is 0.233. The zero-order valence-electron chi connectivity index (χ0n) is 5.10. The predicted molar refractivity (Wildman–Crippen MR) is 30.9 cm³/mol. The fraction of sp³-hybridized carbons (Fsp3) is 0.667. The SMILES string of the molecule is [C-]#[N+]C(C)(C)CC#N. The van der Waals surface area contributed by atoms with Crippen molar-refractivity contribution in [2.45, 2.75) is 25.8 Å². The van der Waals surface area contributed by atoms with Crippen LogP contribution in [0.25, 0.3) is 4.85 Å². The molecule has 0 amide bonds. The molecule has 0 radical (unpaired) electrons. The molecule has 2 nitrogen and oxygen atoms in total. The van der Waals surface area contributed by atoms with Crippen LogP contribution in [0, 0.1) is 17.9 Å². The smallest absolute Gasteiger partial charge is 0.240 e. The summed E-state index contributed by atoms with van der Waals surface area (Å²) in [5, 5.41) is 8.14. The number of nitrogens with zero attached hydrogens (tertiary/aromatic N) is 2. The number of hydrogen-bond donors (Lipinski definition) is 0. The molecule has 0 rings (SSSR count). The van der Waals surface area contributed by atoms with E-state index in [2.05, 4.69) is 4.85 Å². The lowest BCUT2D eigenvalue weighted by Gasteiger charge is -2.02. The maximum Gasteiger partial charge on any atom is 0.240 e. The Hall–Kier alpha value is -1.02. The molecule has 0 saturated carbocycles. The first-order valence-corrected chi connectivity index (χ1v) is 2.38. The third-order valence-corrected chi connectivity index (χ3v) is 0.814. The van der Waals surface area contributed by atoms with Crippen LogP contribution in [0.5, 0.6) is 0 Å². The lowest BCUT2D eigenvalue weighted by molar-refractivity contribution is 0.630. The summed E-state index contributed by atoms with van der Waals surface area (Å²) in [7, 11) is 0. The standard InChI is InChI=1S/C6H8N2/c1-6(2,8-3)4-5-7/h4H2,1-2H3. The van der Waals surface area contributed by atoms with Crippen molar-refractivity contribution in [3.63, 3.8) is 0 Å². The Bertz CT molecular complexity index is 145. The zero-order valence-corrected chi connectivity index (χ0v) is 5.10. The van der Waals surface area contributed by atoms with Crippen molar-refractivity contribution < 1.29 is 0 Å². The van der Waals surface area contributed by atoms with Crippen LogP contribution in [-0.4, -0.2) is 5.54 Å². The molecule has 0 fully saturated rings. The van der Waals surface area contributed by atoms with E-state index in [1.165, 1.54) is 0 Å². The molecule has 0 aromatic carbocycles. The highest BCUT2D eigenvalue weighted by Gasteiger charge is 2.21. The Morgan fingerprint density at radius 2 is 2.25 bits per heavy atom. The normalized spacial score (nSPS) is 9.50. The van der Waals surface area contributed by atoms with E-state index < -0.39 is 5.54 Å². The lowest BCUT2D eigenvalue weighted by atomic mass is 10.0. The zero-order chi connectivity index (χ0) is 6.62. The third kappa shape index (κ3) is 2.21. The molecule has 0 spiro atoms. The van der Waals surface area contributed by atoms with Crippen LogP contribution >= 0.6 is 0 Å². The topological polar surface area (TPSA) is 28.1 Å². The van der Waals surface area contributed by atoms with Gasteiger partial charge in [-0.25, -0.2) is 6.57 Å². The monoisotopic (exact) mass is 108 g/mol. The van der Waals surface area contributed by atoms with Gasteiger partial charge in [0.25, 0.3) is 0 Å². The fourth-order valence-electron chi connectivity index (χ4n) is 0.233. The van der Waals surface area contributed by atoms with E-state index in [9.17, 15) is 0 Å². The second-order valence-electron chi connectivity index (χ2n) is 2.26. The molecule has 0 atom stereocenters. The van der Waals surface area contributed by atoms with Gasteiger partial charge in [-0.3, -0.25) is 0 Å². The van der Waals surface area contributed by atoms with Gasteiger partial charge in [-0.2, -0.15) is 5.26 Å². The highest BCUT2D eigenvalue weighted by Crippen LogP contribution is 2.11. The van der Waals surface area contributed by atoms with Gasteiger partial charge in [-0.15, -0.1) is 0 Å². The minimum absolute atomic E-state index is 0.316. The summed E-state index contributed by atoms with van der Waals surface area (Å²) in [5.41, 5.74) is -0.477. The van der Waals surface area contributed by atoms with Crippen molar-refractivity contribution in [3.05, 3.63) is 11.4 Å². The molecule has 0 N–H and O–H groups in total. The summed E-state index contributed by atoms with van der Waals surface area (Å²) in [5.74, 6) is 0. The maximum absolute atomic E-state index is 8.14. The number of nitriles is 1. The molecule has 0 aromatic rings. The average Bonchev–Trinajstić information content (AvgIpc) is 1.67. The van der Waals surface area contributed by atoms with Gasteiger partial charge < -0.3 is 4.85 Å². The van der Waals surface area contributed by atoms with Gasteiger partial charge in [-0.05, 0) is 0 Å². The van der Waals surface area contributed by atoms with Crippen LogP contribution in [0.2, 0.25) is 0 Å². The molecule has 0 bridgehead atoms. The molecule has 42 valence electrons. The Kier molecular flexibility index (Phi) is 2.03. The maximum atomic E-state index is 8.14. The predicted octanol–water partition coefficient (Wildman–Crippen LogP) is 1.60. The van der Waals surface area contributed by atoms with Crippen LogP contribution in [-0.2, 0) is 0 Å². The molecular weight excluding hydrogens is 100 g/mol. The van der Waals surface area contributed by atoms with E-state index in [1.807, 2.05) is 6.07 Å². The van der Waals surface area contributed by atoms with E-state index in [0.29, 0.717) is 6.42 Å². The summed E-state index contributed by atoms with van der Waals surface area (Å²) in [6.45, 7) is 10.1. The molecule has 0 aliphatic heterocycles. The minimum atomic E-state index is -0.477. The van der Waals surface area contributed by atoms with E-state index in [1.54, 1.807) is 13.8 Å². The summed E-state index contributed by atoms with van der Waals surface area (Å²) in [6.07, 6.45) is 0.316. The van der Waals surface area contributed by atoms with Gasteiger partial charge in [-0.1, -0.05) is 0 Å². The minimum Gasteiger partial charge on any atom is -0.310 e. The summed E-state index contributed by atoms with van der Waals surface area (Å²) in [4.78, 5) is 3.24. The number of rotatable bonds is 1. The summed E-state index contributed by atoms with van der Waals surface area (Å²) in [6, 6.07) is 1.95. The molecular formula is C6H8N2. The summed E-state index contributed by atoms with van der Waals surface area (Å²) < 4.78 is 0. The quantitative estimate of drug-likeness (QED) is 0.469. The Balaban J connectivity index is 3.82. The van der Waals surface area contributed by atoms with E-state index in [0.717, 1.165) is 0 Å². The lowest BCUT2D eigenvalue weighted by Crippen LogP contribution is -2.11. The van der Waals surface area contributed by atoms with Gasteiger partial charge in [0.2, 0.25) is 5.54 Å². The van der Waals surface area contributed by atoms with Gasteiger partial charge in [0.15, 0.2) is 0 Å². The van der Waals surface area contributed by atoms with E-state index in [4.69, 9.17) is 11.8 Å².